The lowest BCUT2D eigenvalue weighted by Gasteiger charge is -2.20. The highest BCUT2D eigenvalue weighted by molar-refractivity contribution is 9.10. The molecule has 0 saturated heterocycles. The fourth-order valence-corrected chi connectivity index (χ4v) is 2.41. The molecule has 1 fully saturated rings. The maximum atomic E-state index is 13.0. The van der Waals surface area contributed by atoms with E-state index in [-0.39, 0.29) is 12.4 Å². The molecule has 3 nitrogen and oxygen atoms in total. The zero-order valence-corrected chi connectivity index (χ0v) is 11.5. The maximum absolute atomic E-state index is 13.0. The van der Waals surface area contributed by atoms with Crippen molar-refractivity contribution in [1.82, 2.24) is 4.90 Å². The van der Waals surface area contributed by atoms with Crippen LogP contribution in [-0.4, -0.2) is 29.1 Å². The van der Waals surface area contributed by atoms with Crippen molar-refractivity contribution in [3.63, 3.8) is 0 Å². The molecule has 0 bridgehead atoms. The van der Waals surface area contributed by atoms with Crippen molar-refractivity contribution >= 4 is 21.9 Å². The molecular formula is C13H15BrFNO2. The van der Waals surface area contributed by atoms with E-state index in [1.54, 1.807) is 6.07 Å². The van der Waals surface area contributed by atoms with Crippen LogP contribution < -0.4 is 0 Å². The minimum atomic E-state index is -0.825. The van der Waals surface area contributed by atoms with Gasteiger partial charge in [-0.05, 0) is 36.5 Å². The number of benzene rings is 1. The van der Waals surface area contributed by atoms with Gasteiger partial charge in [-0.1, -0.05) is 22.0 Å². The van der Waals surface area contributed by atoms with Crippen LogP contribution in [0.4, 0.5) is 4.39 Å². The third-order valence-electron chi connectivity index (χ3n) is 2.98. The fourth-order valence-electron chi connectivity index (χ4n) is 1.93. The zero-order valence-electron chi connectivity index (χ0n) is 9.90. The Kier molecular flexibility index (Phi) is 4.35. The SMILES string of the molecule is O=C(O)CN(Cc1ccc(F)cc1Br)CC1CC1. The number of rotatable bonds is 6. The molecule has 0 spiro atoms. The highest BCUT2D eigenvalue weighted by atomic mass is 79.9. The van der Waals surface area contributed by atoms with Crippen molar-refractivity contribution in [3.05, 3.63) is 34.1 Å². The zero-order chi connectivity index (χ0) is 13.1. The van der Waals surface area contributed by atoms with Crippen LogP contribution in [0.1, 0.15) is 18.4 Å². The van der Waals surface area contributed by atoms with E-state index in [1.807, 2.05) is 4.90 Å². The highest BCUT2D eigenvalue weighted by Crippen LogP contribution is 2.30. The molecular weight excluding hydrogens is 301 g/mol. The van der Waals surface area contributed by atoms with Crippen LogP contribution in [-0.2, 0) is 11.3 Å². The first-order chi connectivity index (χ1) is 8.54. The number of carbonyl (C=O) groups is 1. The van der Waals surface area contributed by atoms with Gasteiger partial charge in [0.2, 0.25) is 0 Å². The monoisotopic (exact) mass is 315 g/mol. The lowest BCUT2D eigenvalue weighted by molar-refractivity contribution is -0.138. The standard InChI is InChI=1S/C13H15BrFNO2/c14-12-5-11(15)4-3-10(12)7-16(8-13(17)18)6-9-1-2-9/h3-5,9H,1-2,6-8H2,(H,17,18). The van der Waals surface area contributed by atoms with Crippen molar-refractivity contribution in [1.29, 1.82) is 0 Å². The van der Waals surface area contributed by atoms with Crippen LogP contribution in [0.3, 0.4) is 0 Å². The van der Waals surface area contributed by atoms with Crippen LogP contribution in [0.25, 0.3) is 0 Å². The Balaban J connectivity index is 2.03. The minimum Gasteiger partial charge on any atom is -0.480 e. The van der Waals surface area contributed by atoms with Crippen molar-refractivity contribution in [2.24, 2.45) is 5.92 Å². The molecule has 1 aliphatic rings. The Labute approximate surface area is 114 Å². The number of carboxylic acid groups (broad SMARTS) is 1. The molecule has 0 unspecified atom stereocenters. The summed E-state index contributed by atoms with van der Waals surface area (Å²) in [7, 11) is 0. The summed E-state index contributed by atoms with van der Waals surface area (Å²) < 4.78 is 13.7. The van der Waals surface area contributed by atoms with Crippen LogP contribution in [0.5, 0.6) is 0 Å². The molecule has 0 heterocycles. The van der Waals surface area contributed by atoms with E-state index in [4.69, 9.17) is 5.11 Å². The number of hydrogen-bond acceptors (Lipinski definition) is 2. The fraction of sp³-hybridized carbons (Fsp3) is 0.462. The topological polar surface area (TPSA) is 40.5 Å². The Morgan fingerprint density at radius 1 is 1.50 bits per heavy atom. The van der Waals surface area contributed by atoms with E-state index in [2.05, 4.69) is 15.9 Å². The Morgan fingerprint density at radius 3 is 2.78 bits per heavy atom. The van der Waals surface area contributed by atoms with Gasteiger partial charge in [-0.2, -0.15) is 0 Å². The number of nitrogens with zero attached hydrogens (tertiary/aromatic N) is 1. The molecule has 1 aromatic rings. The van der Waals surface area contributed by atoms with E-state index in [9.17, 15) is 9.18 Å². The van der Waals surface area contributed by atoms with Gasteiger partial charge >= 0.3 is 5.97 Å². The van der Waals surface area contributed by atoms with Gasteiger partial charge in [-0.15, -0.1) is 0 Å². The summed E-state index contributed by atoms with van der Waals surface area (Å²) in [6.07, 6.45) is 2.36. The lowest BCUT2D eigenvalue weighted by Crippen LogP contribution is -2.31. The van der Waals surface area contributed by atoms with Crippen molar-refractivity contribution < 1.29 is 14.3 Å². The summed E-state index contributed by atoms with van der Waals surface area (Å²) in [5.74, 6) is -0.491. The molecule has 0 atom stereocenters. The predicted octanol–water partition coefficient (Wildman–Crippen LogP) is 2.88. The largest absolute Gasteiger partial charge is 0.480 e. The van der Waals surface area contributed by atoms with Crippen LogP contribution >= 0.6 is 15.9 Å². The summed E-state index contributed by atoms with van der Waals surface area (Å²) in [5, 5.41) is 8.90. The van der Waals surface area contributed by atoms with Crippen LogP contribution in [0.2, 0.25) is 0 Å². The highest BCUT2D eigenvalue weighted by Gasteiger charge is 2.25. The van der Waals surface area contributed by atoms with E-state index in [0.717, 1.165) is 12.1 Å². The van der Waals surface area contributed by atoms with Gasteiger partial charge in [0.25, 0.3) is 0 Å². The van der Waals surface area contributed by atoms with Gasteiger partial charge in [0.05, 0.1) is 6.54 Å². The lowest BCUT2D eigenvalue weighted by atomic mass is 10.2. The first kappa shape index (κ1) is 13.5. The first-order valence-electron chi connectivity index (χ1n) is 5.92. The number of halogens is 2. The third kappa shape index (κ3) is 4.07. The molecule has 1 aromatic carbocycles. The van der Waals surface area contributed by atoms with Crippen LogP contribution in [0.15, 0.2) is 22.7 Å². The smallest absolute Gasteiger partial charge is 0.317 e. The molecule has 0 amide bonds. The molecule has 1 aliphatic carbocycles. The summed E-state index contributed by atoms with van der Waals surface area (Å²) in [6, 6.07) is 4.50. The molecule has 5 heteroatoms. The van der Waals surface area contributed by atoms with E-state index < -0.39 is 5.97 Å². The van der Waals surface area contributed by atoms with Crippen molar-refractivity contribution in [2.45, 2.75) is 19.4 Å². The molecule has 0 radical (unpaired) electrons. The van der Waals surface area contributed by atoms with Gasteiger partial charge in [0.15, 0.2) is 0 Å². The molecule has 18 heavy (non-hydrogen) atoms. The molecule has 98 valence electrons. The van der Waals surface area contributed by atoms with E-state index in [1.165, 1.54) is 25.0 Å². The molecule has 0 aromatic heterocycles. The Hall–Kier alpha value is -0.940. The average Bonchev–Trinajstić information content (AvgIpc) is 3.05. The number of carboxylic acids is 1. The third-order valence-corrected chi connectivity index (χ3v) is 3.72. The van der Waals surface area contributed by atoms with Gasteiger partial charge in [-0.3, -0.25) is 9.69 Å². The predicted molar refractivity (Wildman–Crippen MR) is 69.7 cm³/mol. The normalized spacial score (nSPS) is 15.1. The first-order valence-corrected chi connectivity index (χ1v) is 6.72. The van der Waals surface area contributed by atoms with E-state index in [0.29, 0.717) is 16.9 Å². The van der Waals surface area contributed by atoms with E-state index >= 15 is 0 Å². The average molecular weight is 316 g/mol. The quantitative estimate of drug-likeness (QED) is 0.877. The van der Waals surface area contributed by atoms with Gasteiger partial charge < -0.3 is 5.11 Å². The second-order valence-corrected chi connectivity index (χ2v) is 5.60. The Bertz CT molecular complexity index is 449. The van der Waals surface area contributed by atoms with Gasteiger partial charge in [0, 0.05) is 17.6 Å². The molecule has 0 aliphatic heterocycles. The second kappa shape index (κ2) is 5.80. The second-order valence-electron chi connectivity index (χ2n) is 4.74. The van der Waals surface area contributed by atoms with Crippen molar-refractivity contribution in [3.8, 4) is 0 Å². The summed E-state index contributed by atoms with van der Waals surface area (Å²) in [5.41, 5.74) is 0.915. The van der Waals surface area contributed by atoms with Gasteiger partial charge in [-0.25, -0.2) is 4.39 Å². The number of aliphatic carboxylic acids is 1. The summed E-state index contributed by atoms with van der Waals surface area (Å²) in [6.45, 7) is 1.36. The summed E-state index contributed by atoms with van der Waals surface area (Å²) in [4.78, 5) is 12.7. The molecule has 2 rings (SSSR count). The van der Waals surface area contributed by atoms with Gasteiger partial charge in [0.1, 0.15) is 5.82 Å². The minimum absolute atomic E-state index is 0.0281. The molecule has 1 N–H and O–H groups in total. The van der Waals surface area contributed by atoms with Crippen LogP contribution in [0, 0.1) is 11.7 Å². The summed E-state index contributed by atoms with van der Waals surface area (Å²) >= 11 is 3.31. The Morgan fingerprint density at radius 2 is 2.22 bits per heavy atom. The van der Waals surface area contributed by atoms with Crippen molar-refractivity contribution in [2.75, 3.05) is 13.1 Å². The maximum Gasteiger partial charge on any atom is 0.317 e. The number of hydrogen-bond donors (Lipinski definition) is 1. The molecule has 1 saturated carbocycles.